The van der Waals surface area contributed by atoms with Crippen LogP contribution in [-0.2, 0) is 11.2 Å². The number of nitrogens with zero attached hydrogens (tertiary/aromatic N) is 3. The third kappa shape index (κ3) is 1.32. The van der Waals surface area contributed by atoms with E-state index in [-0.39, 0.29) is 11.3 Å². The minimum Gasteiger partial charge on any atom is -0.481 e. The Bertz CT molecular complexity index is 439. The Balaban J connectivity index is 1.64. The summed E-state index contributed by atoms with van der Waals surface area (Å²) >= 11 is 1.41. The van der Waals surface area contributed by atoms with Crippen molar-refractivity contribution in [3.05, 3.63) is 5.82 Å². The maximum atomic E-state index is 10.8. The van der Waals surface area contributed by atoms with Gasteiger partial charge < -0.3 is 10.0 Å². The molecule has 1 saturated carbocycles. The van der Waals surface area contributed by atoms with E-state index in [0.29, 0.717) is 0 Å². The van der Waals surface area contributed by atoms with Gasteiger partial charge in [-0.15, -0.1) is 0 Å². The molecular weight excluding hydrogens is 226 g/mol. The zero-order valence-electron chi connectivity index (χ0n) is 9.01. The van der Waals surface area contributed by atoms with Gasteiger partial charge in [-0.1, -0.05) is 6.92 Å². The molecule has 1 unspecified atom stereocenters. The minimum absolute atomic E-state index is 0.0594. The summed E-state index contributed by atoms with van der Waals surface area (Å²) in [6, 6.07) is 0. The number of carboxylic acids is 1. The first kappa shape index (κ1) is 10.0. The van der Waals surface area contributed by atoms with Gasteiger partial charge in [-0.05, 0) is 6.42 Å². The van der Waals surface area contributed by atoms with Crippen LogP contribution in [0.5, 0.6) is 0 Å². The summed E-state index contributed by atoms with van der Waals surface area (Å²) in [5.41, 5.74) is 0.0594. The van der Waals surface area contributed by atoms with Crippen LogP contribution in [0.1, 0.15) is 19.2 Å². The van der Waals surface area contributed by atoms with Crippen LogP contribution in [-0.4, -0.2) is 33.5 Å². The molecule has 6 heteroatoms. The Morgan fingerprint density at radius 3 is 2.94 bits per heavy atom. The van der Waals surface area contributed by atoms with Crippen molar-refractivity contribution in [1.29, 1.82) is 0 Å². The molecule has 1 atom stereocenters. The molecule has 1 spiro atoms. The SMILES string of the molecule is CCc1nsc(N2CC3(CC3C(=O)O)C2)n1. The highest BCUT2D eigenvalue weighted by Gasteiger charge is 2.65. The number of hydrogen-bond acceptors (Lipinski definition) is 5. The third-order valence-corrected chi connectivity index (χ3v) is 4.36. The zero-order valence-corrected chi connectivity index (χ0v) is 9.83. The molecule has 86 valence electrons. The van der Waals surface area contributed by atoms with Crippen molar-refractivity contribution in [1.82, 2.24) is 9.36 Å². The molecule has 2 heterocycles. The Labute approximate surface area is 97.3 Å². The van der Waals surface area contributed by atoms with Gasteiger partial charge in [0.15, 0.2) is 0 Å². The molecule has 1 N–H and O–H groups in total. The molecule has 0 bridgehead atoms. The van der Waals surface area contributed by atoms with Crippen molar-refractivity contribution in [2.24, 2.45) is 11.3 Å². The molecule has 1 aromatic rings. The lowest BCUT2D eigenvalue weighted by Gasteiger charge is -2.40. The highest BCUT2D eigenvalue weighted by atomic mass is 32.1. The van der Waals surface area contributed by atoms with E-state index in [1.165, 1.54) is 11.5 Å². The lowest BCUT2D eigenvalue weighted by molar-refractivity contribution is -0.139. The van der Waals surface area contributed by atoms with Crippen LogP contribution >= 0.6 is 11.5 Å². The average Bonchev–Trinajstić information content (AvgIpc) is 2.80. The summed E-state index contributed by atoms with van der Waals surface area (Å²) in [7, 11) is 0. The lowest BCUT2D eigenvalue weighted by atomic mass is 9.94. The summed E-state index contributed by atoms with van der Waals surface area (Å²) in [6.07, 6.45) is 1.69. The Morgan fingerprint density at radius 2 is 2.44 bits per heavy atom. The van der Waals surface area contributed by atoms with Crippen LogP contribution in [0.3, 0.4) is 0 Å². The van der Waals surface area contributed by atoms with Crippen LogP contribution in [0.2, 0.25) is 0 Å². The molecule has 5 nitrogen and oxygen atoms in total. The fourth-order valence-electron chi connectivity index (χ4n) is 2.41. The summed E-state index contributed by atoms with van der Waals surface area (Å²) < 4.78 is 4.23. The fourth-order valence-corrected chi connectivity index (χ4v) is 3.16. The van der Waals surface area contributed by atoms with Gasteiger partial charge in [0.2, 0.25) is 5.13 Å². The van der Waals surface area contributed by atoms with Crippen LogP contribution < -0.4 is 4.90 Å². The van der Waals surface area contributed by atoms with E-state index in [9.17, 15) is 4.79 Å². The van der Waals surface area contributed by atoms with Gasteiger partial charge in [0, 0.05) is 36.5 Å². The predicted octanol–water partition coefficient (Wildman–Crippen LogP) is 1.01. The first-order valence-electron chi connectivity index (χ1n) is 5.45. The molecule has 0 radical (unpaired) electrons. The second-order valence-electron chi connectivity index (χ2n) is 4.66. The standard InChI is InChI=1S/C10H13N3O2S/c1-2-7-11-9(16-12-7)13-4-10(5-13)3-6(10)8(14)15/h6H,2-5H2,1H3,(H,14,15). The molecule has 2 fully saturated rings. The first-order chi connectivity index (χ1) is 7.64. The quantitative estimate of drug-likeness (QED) is 0.852. The summed E-state index contributed by atoms with van der Waals surface area (Å²) in [4.78, 5) is 17.4. The van der Waals surface area contributed by atoms with E-state index in [0.717, 1.165) is 36.9 Å². The van der Waals surface area contributed by atoms with Crippen LogP contribution in [0.4, 0.5) is 5.13 Å². The Kier molecular flexibility index (Phi) is 1.98. The number of carbonyl (C=O) groups is 1. The van der Waals surface area contributed by atoms with Crippen molar-refractivity contribution in [3.63, 3.8) is 0 Å². The van der Waals surface area contributed by atoms with Gasteiger partial charge in [0.25, 0.3) is 0 Å². The summed E-state index contributed by atoms with van der Waals surface area (Å²) in [5.74, 6) is 0.111. The molecule has 1 saturated heterocycles. The minimum atomic E-state index is -0.647. The third-order valence-electron chi connectivity index (χ3n) is 3.54. The van der Waals surface area contributed by atoms with Gasteiger partial charge in [-0.25, -0.2) is 4.98 Å². The Hall–Kier alpha value is -1.17. The first-order valence-corrected chi connectivity index (χ1v) is 6.22. The summed E-state index contributed by atoms with van der Waals surface area (Å²) in [6.45, 7) is 3.70. The van der Waals surface area contributed by atoms with E-state index in [2.05, 4.69) is 14.3 Å². The van der Waals surface area contributed by atoms with E-state index in [4.69, 9.17) is 5.11 Å². The van der Waals surface area contributed by atoms with E-state index < -0.39 is 5.97 Å². The van der Waals surface area contributed by atoms with Crippen LogP contribution in [0.15, 0.2) is 0 Å². The topological polar surface area (TPSA) is 66.3 Å². The maximum absolute atomic E-state index is 10.8. The number of anilines is 1. The van der Waals surface area contributed by atoms with Crippen molar-refractivity contribution < 1.29 is 9.90 Å². The second-order valence-corrected chi connectivity index (χ2v) is 5.39. The lowest BCUT2D eigenvalue weighted by Crippen LogP contribution is -2.50. The molecule has 16 heavy (non-hydrogen) atoms. The van der Waals surface area contributed by atoms with Gasteiger partial charge >= 0.3 is 5.97 Å². The number of rotatable bonds is 3. The van der Waals surface area contributed by atoms with E-state index in [1.54, 1.807) is 0 Å². The number of aromatic nitrogens is 2. The molecule has 1 aliphatic carbocycles. The van der Waals surface area contributed by atoms with Crippen molar-refractivity contribution in [2.45, 2.75) is 19.8 Å². The fraction of sp³-hybridized carbons (Fsp3) is 0.700. The van der Waals surface area contributed by atoms with E-state index >= 15 is 0 Å². The van der Waals surface area contributed by atoms with Gasteiger partial charge in [0.1, 0.15) is 5.82 Å². The van der Waals surface area contributed by atoms with Crippen LogP contribution in [0, 0.1) is 11.3 Å². The normalized spacial score (nSPS) is 25.6. The number of aryl methyl sites for hydroxylation is 1. The number of carboxylic acid groups (broad SMARTS) is 1. The summed E-state index contributed by atoms with van der Waals surface area (Å²) in [5, 5.41) is 9.85. The Morgan fingerprint density at radius 1 is 1.69 bits per heavy atom. The van der Waals surface area contributed by atoms with Gasteiger partial charge in [-0.3, -0.25) is 4.79 Å². The highest BCUT2D eigenvalue weighted by Crippen LogP contribution is 2.59. The van der Waals surface area contributed by atoms with Crippen molar-refractivity contribution in [2.75, 3.05) is 18.0 Å². The molecule has 1 aromatic heterocycles. The van der Waals surface area contributed by atoms with Gasteiger partial charge in [-0.2, -0.15) is 4.37 Å². The average molecular weight is 239 g/mol. The maximum Gasteiger partial charge on any atom is 0.307 e. The second kappa shape index (κ2) is 3.16. The van der Waals surface area contributed by atoms with Crippen LogP contribution in [0.25, 0.3) is 0 Å². The zero-order chi connectivity index (χ0) is 11.3. The molecule has 1 aliphatic heterocycles. The highest BCUT2D eigenvalue weighted by molar-refractivity contribution is 7.09. The van der Waals surface area contributed by atoms with E-state index in [1.807, 2.05) is 6.92 Å². The molecule has 0 amide bonds. The number of aliphatic carboxylic acids is 1. The van der Waals surface area contributed by atoms with Gasteiger partial charge in [0.05, 0.1) is 5.92 Å². The molecular formula is C10H13N3O2S. The molecule has 2 aliphatic rings. The monoisotopic (exact) mass is 239 g/mol. The van der Waals surface area contributed by atoms with Crippen molar-refractivity contribution in [3.8, 4) is 0 Å². The predicted molar refractivity (Wildman–Crippen MR) is 59.7 cm³/mol. The largest absolute Gasteiger partial charge is 0.481 e. The smallest absolute Gasteiger partial charge is 0.307 e. The molecule has 3 rings (SSSR count). The van der Waals surface area contributed by atoms with Crippen molar-refractivity contribution >= 4 is 22.6 Å². The molecule has 0 aromatic carbocycles. The number of hydrogen-bond donors (Lipinski definition) is 1.